The SMILES string of the molecule is CC[C@H](C)[C@H](NC(=O)[C@H](CC(C)C)NC(=O)[C@H](Cc1cnc[nH]1)NC(=O)[C@H](C)NC(=O)[C@H](CC(C)C)NC(=O)[C@H](CC(=O)O)NC(=O)CNC(=O)[C@H](CCCN=C(N)N)NC(=O)[C@@H]1CCCN1C(=O)[C@H](CO)NC(=O)[C@H](Cc1ccccc1)NC(=O)[C@@H](NC(=O)[C@@H](N)Cc1ccc(O)cc1)[C@@H](C)O)C(=O)N[C@H](C(=O)N[C@H](C(=O)O)[C@@H](C)O)[C@@H](C)O. The third-order valence-corrected chi connectivity index (χ3v) is 19.3. The van der Waals surface area contributed by atoms with Gasteiger partial charge in [-0.15, -0.1) is 0 Å². The standard InChI is InChI=1S/C77H118N20O23/c1-11-39(6)59(72(115)95-61(42(9)100)74(117)96-62(43(10)101)76(119)120)93-70(113)51(28-38(4)5)90-68(111)53(31-46-33-81-36-84-46)88-63(106)40(7)85-66(109)50(27-37(2)3)89-69(112)54(32-58(104)105)86-57(103)34-83-65(108)49(19-15-25-82-77(79)80)87-71(114)56-20-16-26-97(56)75(118)55(35-98)92-67(110)52(30-44-17-13-12-14-18-44)91-73(116)60(41(8)99)94-64(107)48(78)29-45-21-23-47(102)24-22-45/h12-14,17-18,21-24,33,36-43,48-56,59-62,98-102H,11,15-16,19-20,25-32,34-35,78H2,1-10H3,(H,81,84)(H,83,108)(H,85,109)(H,86,103)(H,87,114)(H,88,106)(H,89,112)(H,90,111)(H,91,116)(H,92,110)(H,93,113)(H,94,107)(H,95,115)(H,96,117)(H,104,105)(H,119,120)(H4,79,80,82)/t39-,40-,41+,42+,43+,48-,49-,50-,51-,52-,53-,54-,55-,56-,59-,60-,61-,62-/m0/s1. The van der Waals surface area contributed by atoms with E-state index in [9.17, 15) is 112 Å². The Morgan fingerprint density at radius 3 is 1.56 bits per heavy atom. The van der Waals surface area contributed by atoms with E-state index in [2.05, 4.69) is 84.1 Å². The summed E-state index contributed by atoms with van der Waals surface area (Å²) in [6, 6.07) is -7.87. The van der Waals surface area contributed by atoms with Gasteiger partial charge in [-0.3, -0.25) is 76.9 Å². The number of aromatic nitrogens is 2. The van der Waals surface area contributed by atoms with Gasteiger partial charge in [-0.05, 0) is 114 Å². The van der Waals surface area contributed by atoms with Crippen LogP contribution < -0.4 is 86.3 Å². The molecule has 2 aromatic carbocycles. The van der Waals surface area contributed by atoms with Crippen molar-refractivity contribution >= 4 is 101 Å². The van der Waals surface area contributed by atoms with E-state index in [0.29, 0.717) is 16.8 Å². The fourth-order valence-electron chi connectivity index (χ4n) is 12.6. The summed E-state index contributed by atoms with van der Waals surface area (Å²) < 4.78 is 0. The third kappa shape index (κ3) is 33.4. The third-order valence-electron chi connectivity index (χ3n) is 19.3. The van der Waals surface area contributed by atoms with Crippen molar-refractivity contribution in [1.29, 1.82) is 0 Å². The molecule has 2 heterocycles. The van der Waals surface area contributed by atoms with Crippen molar-refractivity contribution in [3.8, 4) is 5.75 Å². The summed E-state index contributed by atoms with van der Waals surface area (Å²) in [6.45, 7) is 12.6. The average molecular weight is 1690 g/mol. The van der Waals surface area contributed by atoms with Crippen LogP contribution in [-0.2, 0) is 96.0 Å². The smallest absolute Gasteiger partial charge is 0.328 e. The van der Waals surface area contributed by atoms with Crippen molar-refractivity contribution in [1.82, 2.24) is 84.0 Å². The number of aliphatic carboxylic acids is 2. The molecule has 14 amide bonds. The second kappa shape index (κ2) is 49.4. The molecule has 0 radical (unpaired) electrons. The number of aliphatic imine (C=N–C) groups is 1. The number of hydrogen-bond acceptors (Lipinski definition) is 24. The zero-order valence-electron chi connectivity index (χ0n) is 68.7. The molecule has 1 fully saturated rings. The first-order chi connectivity index (χ1) is 56.4. The minimum Gasteiger partial charge on any atom is -0.508 e. The number of rotatable bonds is 50. The van der Waals surface area contributed by atoms with Crippen LogP contribution in [0.1, 0.15) is 137 Å². The number of imidazole rings is 1. The van der Waals surface area contributed by atoms with Crippen LogP contribution >= 0.6 is 0 Å². The Balaban J connectivity index is 1.48. The van der Waals surface area contributed by atoms with E-state index < -0.39 is 223 Å². The number of phenolic OH excluding ortho intramolecular Hbond substituents is 1. The Morgan fingerprint density at radius 1 is 0.542 bits per heavy atom. The molecular weight excluding hydrogens is 1570 g/mol. The van der Waals surface area contributed by atoms with Crippen LogP contribution in [0.4, 0.5) is 0 Å². The van der Waals surface area contributed by atoms with Crippen molar-refractivity contribution < 1.29 is 112 Å². The van der Waals surface area contributed by atoms with Gasteiger partial charge in [0.05, 0.1) is 50.3 Å². The predicted octanol–water partition coefficient (Wildman–Crippen LogP) is -6.70. The molecule has 3 aromatic rings. The molecule has 1 aliphatic heterocycles. The van der Waals surface area contributed by atoms with E-state index >= 15 is 0 Å². The number of likely N-dealkylation sites (tertiary alicyclic amines) is 1. The van der Waals surface area contributed by atoms with Crippen LogP contribution in [0, 0.1) is 17.8 Å². The van der Waals surface area contributed by atoms with Crippen LogP contribution in [0.5, 0.6) is 5.75 Å². The van der Waals surface area contributed by atoms with Gasteiger partial charge in [0.2, 0.25) is 82.7 Å². The topological polar surface area (TPSA) is 693 Å². The minimum atomic E-state index is -1.94. The molecule has 18 atom stereocenters. The van der Waals surface area contributed by atoms with E-state index in [-0.39, 0.29) is 101 Å². The predicted molar refractivity (Wildman–Crippen MR) is 429 cm³/mol. The van der Waals surface area contributed by atoms with E-state index in [1.807, 2.05) is 0 Å². The monoisotopic (exact) mass is 1690 g/mol. The molecule has 1 aromatic heterocycles. The summed E-state index contributed by atoms with van der Waals surface area (Å²) in [5, 5.41) is 103. The molecule has 27 N–H and O–H groups in total. The number of guanidine groups is 1. The number of nitrogens with one attached hydrogen (secondary N) is 14. The minimum absolute atomic E-state index is 0.00276. The van der Waals surface area contributed by atoms with Crippen molar-refractivity contribution in [2.24, 2.45) is 39.9 Å². The number of nitrogens with zero attached hydrogens (tertiary/aromatic N) is 3. The van der Waals surface area contributed by atoms with Crippen molar-refractivity contribution in [3.05, 3.63) is 83.9 Å². The Kier molecular flexibility index (Phi) is 41.4. The molecule has 1 saturated heterocycles. The van der Waals surface area contributed by atoms with Gasteiger partial charge in [-0.25, -0.2) is 9.78 Å². The van der Waals surface area contributed by atoms with Crippen molar-refractivity contribution in [2.75, 3.05) is 26.2 Å². The number of hydrogen-bond donors (Lipinski definition) is 24. The molecule has 43 nitrogen and oxygen atoms in total. The maximum absolute atomic E-state index is 14.4. The zero-order chi connectivity index (χ0) is 89.9. The molecule has 120 heavy (non-hydrogen) atoms. The molecule has 664 valence electrons. The number of aliphatic hydroxyl groups is 4. The lowest BCUT2D eigenvalue weighted by molar-refractivity contribution is -0.146. The lowest BCUT2D eigenvalue weighted by Gasteiger charge is -2.30. The average Bonchev–Trinajstić information content (AvgIpc) is 1.67. The lowest BCUT2D eigenvalue weighted by Crippen LogP contribution is -2.62. The quantitative estimate of drug-likeness (QED) is 0.0142. The van der Waals surface area contributed by atoms with Crippen LogP contribution in [0.25, 0.3) is 0 Å². The van der Waals surface area contributed by atoms with Crippen molar-refractivity contribution in [3.63, 3.8) is 0 Å². The van der Waals surface area contributed by atoms with Gasteiger partial charge in [0.25, 0.3) is 0 Å². The van der Waals surface area contributed by atoms with Crippen LogP contribution in [0.3, 0.4) is 0 Å². The summed E-state index contributed by atoms with van der Waals surface area (Å²) in [7, 11) is 0. The number of amides is 14. The van der Waals surface area contributed by atoms with Gasteiger partial charge in [0, 0.05) is 37.8 Å². The molecule has 0 saturated carbocycles. The summed E-state index contributed by atoms with van der Waals surface area (Å²) in [5.74, 6) is -19.0. The lowest BCUT2D eigenvalue weighted by atomic mass is 9.96. The second-order valence-electron chi connectivity index (χ2n) is 30.5. The highest BCUT2D eigenvalue weighted by Crippen LogP contribution is 2.21. The molecule has 43 heteroatoms. The molecule has 1 aliphatic rings. The molecular formula is C77H118N20O23. The number of carbonyl (C=O) groups excluding carboxylic acids is 14. The van der Waals surface area contributed by atoms with Crippen LogP contribution in [0.2, 0.25) is 0 Å². The summed E-state index contributed by atoms with van der Waals surface area (Å²) in [6.07, 6.45) is -3.64. The van der Waals surface area contributed by atoms with Crippen molar-refractivity contribution in [2.45, 2.75) is 243 Å². The first kappa shape index (κ1) is 100. The first-order valence-corrected chi connectivity index (χ1v) is 39.4. The fourth-order valence-corrected chi connectivity index (χ4v) is 12.6. The number of aliphatic hydroxyl groups excluding tert-OH is 4. The number of carbonyl (C=O) groups is 16. The maximum atomic E-state index is 14.4. The van der Waals surface area contributed by atoms with Gasteiger partial charge in [-0.2, -0.15) is 0 Å². The Hall–Kier alpha value is -12.0. The molecule has 4 rings (SSSR count). The Morgan fingerprint density at radius 2 is 1.03 bits per heavy atom. The van der Waals surface area contributed by atoms with Gasteiger partial charge in [0.15, 0.2) is 12.0 Å². The first-order valence-electron chi connectivity index (χ1n) is 39.4. The van der Waals surface area contributed by atoms with Gasteiger partial charge in [0.1, 0.15) is 78.3 Å². The number of carboxylic acid groups (broad SMARTS) is 2. The number of aromatic amines is 1. The van der Waals surface area contributed by atoms with Gasteiger partial charge in [-0.1, -0.05) is 90.4 Å². The van der Waals surface area contributed by atoms with E-state index in [1.54, 1.807) is 71.9 Å². The van der Waals surface area contributed by atoms with E-state index in [0.717, 1.165) is 18.7 Å². The summed E-state index contributed by atoms with van der Waals surface area (Å²) in [4.78, 5) is 232. The Labute approximate surface area is 693 Å². The number of H-pyrrole nitrogens is 1. The maximum Gasteiger partial charge on any atom is 0.328 e. The number of nitrogens with two attached hydrogens (primary N) is 3. The van der Waals surface area contributed by atoms with E-state index in [1.165, 1.54) is 50.6 Å². The fraction of sp³-hybridized carbons (Fsp3) is 0.584. The normalized spacial score (nSPS) is 16.8. The van der Waals surface area contributed by atoms with Gasteiger partial charge >= 0.3 is 11.9 Å². The Bertz CT molecular complexity index is 4000. The van der Waals surface area contributed by atoms with Crippen LogP contribution in [-0.4, -0.2) is 280 Å². The molecule has 0 unspecified atom stereocenters. The molecule has 0 spiro atoms. The highest BCUT2D eigenvalue weighted by atomic mass is 16.4. The van der Waals surface area contributed by atoms with Crippen LogP contribution in [0.15, 0.2) is 72.1 Å². The second-order valence-corrected chi connectivity index (χ2v) is 30.5. The van der Waals surface area contributed by atoms with Gasteiger partial charge < -0.3 is 132 Å². The largest absolute Gasteiger partial charge is 0.508 e. The summed E-state index contributed by atoms with van der Waals surface area (Å²) in [5.41, 5.74) is 18.6. The number of phenols is 1. The number of benzene rings is 2. The molecule has 0 bridgehead atoms. The molecule has 0 aliphatic carbocycles. The highest BCUT2D eigenvalue weighted by molar-refractivity contribution is 6.01. The summed E-state index contributed by atoms with van der Waals surface area (Å²) >= 11 is 0. The highest BCUT2D eigenvalue weighted by Gasteiger charge is 2.43. The number of aromatic hydroxyl groups is 1. The number of carboxylic acids is 2. The zero-order valence-corrected chi connectivity index (χ0v) is 68.7. The van der Waals surface area contributed by atoms with E-state index in [4.69, 9.17) is 17.2 Å².